The third-order valence-corrected chi connectivity index (χ3v) is 4.87. The van der Waals surface area contributed by atoms with E-state index in [-0.39, 0.29) is 6.42 Å². The standard InChI is InChI=1S/C16H17F2N7O/c1-8-10-7-19-15-20-12-9(2)25(11-6-16(11,17)18)23-14(12)26-5-3-4-24(22-8)13(10)21-15/h7,11H,3-6H2,1-2H3,(H,19,20,21)/t11-/m0/s1. The van der Waals surface area contributed by atoms with Gasteiger partial charge in [-0.1, -0.05) is 0 Å². The van der Waals surface area contributed by atoms with Crippen LogP contribution >= 0.6 is 0 Å². The van der Waals surface area contributed by atoms with Gasteiger partial charge in [-0.25, -0.2) is 18.4 Å². The second kappa shape index (κ2) is 5.12. The highest BCUT2D eigenvalue weighted by Gasteiger charge is 2.59. The number of ether oxygens (including phenoxy) is 1. The lowest BCUT2D eigenvalue weighted by Crippen LogP contribution is -2.08. The van der Waals surface area contributed by atoms with Crippen molar-refractivity contribution in [2.45, 2.75) is 45.2 Å². The summed E-state index contributed by atoms with van der Waals surface area (Å²) < 4.78 is 36.0. The number of hydrogen-bond acceptors (Lipinski definition) is 6. The van der Waals surface area contributed by atoms with Crippen LogP contribution in [0.3, 0.4) is 0 Å². The van der Waals surface area contributed by atoms with Crippen LogP contribution in [0, 0.1) is 13.8 Å². The maximum Gasteiger partial charge on any atom is 0.272 e. The lowest BCUT2D eigenvalue weighted by molar-refractivity contribution is 0.0975. The molecule has 0 amide bonds. The van der Waals surface area contributed by atoms with Crippen molar-refractivity contribution in [1.29, 1.82) is 0 Å². The molecule has 1 atom stereocenters. The molecule has 1 N–H and O–H groups in total. The monoisotopic (exact) mass is 361 g/mol. The summed E-state index contributed by atoms with van der Waals surface area (Å²) in [5.74, 6) is -2.06. The van der Waals surface area contributed by atoms with Crippen LogP contribution in [0.4, 0.5) is 20.4 Å². The molecule has 2 aliphatic rings. The van der Waals surface area contributed by atoms with Gasteiger partial charge in [0.15, 0.2) is 5.65 Å². The van der Waals surface area contributed by atoms with Crippen LogP contribution < -0.4 is 10.1 Å². The van der Waals surface area contributed by atoms with E-state index in [0.29, 0.717) is 42.8 Å². The van der Waals surface area contributed by atoms with Crippen molar-refractivity contribution < 1.29 is 13.5 Å². The Morgan fingerprint density at radius 3 is 2.88 bits per heavy atom. The Morgan fingerprint density at radius 1 is 1.31 bits per heavy atom. The molecule has 136 valence electrons. The first-order chi connectivity index (χ1) is 12.4. The van der Waals surface area contributed by atoms with E-state index in [1.54, 1.807) is 13.1 Å². The van der Waals surface area contributed by atoms with Crippen molar-refractivity contribution in [3.8, 4) is 5.88 Å². The van der Waals surface area contributed by atoms with Gasteiger partial charge in [0.1, 0.15) is 11.7 Å². The number of aryl methyl sites for hydroxylation is 2. The minimum atomic E-state index is -2.71. The molecule has 1 aliphatic carbocycles. The smallest absolute Gasteiger partial charge is 0.272 e. The highest BCUT2D eigenvalue weighted by atomic mass is 19.3. The minimum absolute atomic E-state index is 0.199. The lowest BCUT2D eigenvalue weighted by Gasteiger charge is -2.07. The maximum atomic E-state index is 13.5. The quantitative estimate of drug-likeness (QED) is 0.718. The summed E-state index contributed by atoms with van der Waals surface area (Å²) in [7, 11) is 0. The van der Waals surface area contributed by atoms with E-state index in [0.717, 1.165) is 16.7 Å². The van der Waals surface area contributed by atoms with Crippen LogP contribution in [0.1, 0.15) is 30.3 Å². The fraction of sp³-hybridized carbons (Fsp3) is 0.500. The zero-order chi connectivity index (χ0) is 18.1. The molecule has 8 nitrogen and oxygen atoms in total. The number of aromatic nitrogens is 6. The normalized spacial score (nSPS) is 21.0. The summed E-state index contributed by atoms with van der Waals surface area (Å²) in [6.07, 6.45) is 2.21. The first kappa shape index (κ1) is 15.5. The third-order valence-electron chi connectivity index (χ3n) is 4.87. The molecule has 4 heterocycles. The summed E-state index contributed by atoms with van der Waals surface area (Å²) in [4.78, 5) is 8.89. The summed E-state index contributed by atoms with van der Waals surface area (Å²) in [6.45, 7) is 4.69. The first-order valence-electron chi connectivity index (χ1n) is 8.51. The van der Waals surface area contributed by atoms with Gasteiger partial charge in [-0.05, 0) is 13.8 Å². The summed E-state index contributed by atoms with van der Waals surface area (Å²) >= 11 is 0. The third kappa shape index (κ3) is 2.24. The van der Waals surface area contributed by atoms with Crippen LogP contribution in [0.2, 0.25) is 0 Å². The van der Waals surface area contributed by atoms with Crippen molar-refractivity contribution in [1.82, 2.24) is 29.5 Å². The Balaban J connectivity index is 1.61. The lowest BCUT2D eigenvalue weighted by atomic mass is 10.3. The Labute approximate surface area is 147 Å². The number of alkyl halides is 2. The molecule has 1 fully saturated rings. The van der Waals surface area contributed by atoms with Gasteiger partial charge in [-0.15, -0.1) is 5.10 Å². The predicted molar refractivity (Wildman–Crippen MR) is 89.0 cm³/mol. The van der Waals surface area contributed by atoms with Gasteiger partial charge in [0.2, 0.25) is 5.95 Å². The first-order valence-corrected chi connectivity index (χ1v) is 8.51. The number of halogens is 2. The highest BCUT2D eigenvalue weighted by molar-refractivity contribution is 5.79. The van der Waals surface area contributed by atoms with E-state index >= 15 is 0 Å². The Bertz CT molecular complexity index is 1030. The van der Waals surface area contributed by atoms with Gasteiger partial charge < -0.3 is 10.1 Å². The average molecular weight is 361 g/mol. The Morgan fingerprint density at radius 2 is 2.12 bits per heavy atom. The second-order valence-corrected chi connectivity index (χ2v) is 6.76. The van der Waals surface area contributed by atoms with Crippen LogP contribution in [-0.2, 0) is 6.54 Å². The van der Waals surface area contributed by atoms with E-state index in [1.165, 1.54) is 4.68 Å². The van der Waals surface area contributed by atoms with E-state index in [4.69, 9.17) is 4.74 Å². The molecule has 10 heteroatoms. The van der Waals surface area contributed by atoms with Crippen LogP contribution in [0.15, 0.2) is 6.20 Å². The van der Waals surface area contributed by atoms with Gasteiger partial charge in [0, 0.05) is 25.6 Å². The Hall–Kier alpha value is -2.78. The zero-order valence-corrected chi connectivity index (χ0v) is 14.3. The maximum absolute atomic E-state index is 13.5. The number of nitrogens with zero attached hydrogens (tertiary/aromatic N) is 6. The number of nitrogens with one attached hydrogen (secondary N) is 1. The van der Waals surface area contributed by atoms with Gasteiger partial charge in [-0.2, -0.15) is 10.1 Å². The summed E-state index contributed by atoms with van der Waals surface area (Å²) in [6, 6.07) is -0.916. The largest absolute Gasteiger partial charge is 0.475 e. The van der Waals surface area contributed by atoms with E-state index in [2.05, 4.69) is 25.5 Å². The fourth-order valence-corrected chi connectivity index (χ4v) is 3.32. The molecular weight excluding hydrogens is 344 g/mol. The number of fused-ring (bicyclic) bond motifs is 2. The number of anilines is 2. The molecule has 3 aromatic rings. The van der Waals surface area contributed by atoms with Gasteiger partial charge in [0.05, 0.1) is 23.4 Å². The number of rotatable bonds is 1. The van der Waals surface area contributed by atoms with Crippen molar-refractivity contribution in [2.24, 2.45) is 0 Å². The topological polar surface area (TPSA) is 82.7 Å². The SMILES string of the molecule is Cc1nn2c3nc(ncc13)Nc1c(nn([C@H]3CC3(F)F)c1C)OCCC2. The van der Waals surface area contributed by atoms with Crippen LogP contribution in [-0.4, -0.2) is 42.1 Å². The van der Waals surface area contributed by atoms with Gasteiger partial charge in [-0.3, -0.25) is 4.68 Å². The van der Waals surface area contributed by atoms with Crippen LogP contribution in [0.25, 0.3) is 11.0 Å². The average Bonchev–Trinajstić information content (AvgIpc) is 2.97. The minimum Gasteiger partial charge on any atom is -0.475 e. The molecule has 5 rings (SSSR count). The molecule has 0 unspecified atom stereocenters. The van der Waals surface area contributed by atoms with Gasteiger partial charge >= 0.3 is 0 Å². The molecule has 1 saturated carbocycles. The van der Waals surface area contributed by atoms with Gasteiger partial charge in [0.25, 0.3) is 11.8 Å². The summed E-state index contributed by atoms with van der Waals surface area (Å²) in [5, 5.41) is 12.8. The molecule has 2 bridgehead atoms. The van der Waals surface area contributed by atoms with E-state index in [9.17, 15) is 8.78 Å². The van der Waals surface area contributed by atoms with Crippen LogP contribution in [0.5, 0.6) is 5.88 Å². The second-order valence-electron chi connectivity index (χ2n) is 6.76. The number of hydrogen-bond donors (Lipinski definition) is 1. The zero-order valence-electron chi connectivity index (χ0n) is 14.3. The molecule has 0 spiro atoms. The van der Waals surface area contributed by atoms with Crippen molar-refractivity contribution in [2.75, 3.05) is 11.9 Å². The molecule has 0 radical (unpaired) electrons. The summed E-state index contributed by atoms with van der Waals surface area (Å²) in [5.41, 5.74) is 2.71. The van der Waals surface area contributed by atoms with Crippen molar-refractivity contribution >= 4 is 22.7 Å². The van der Waals surface area contributed by atoms with Crippen molar-refractivity contribution in [3.05, 3.63) is 17.6 Å². The highest BCUT2D eigenvalue weighted by Crippen LogP contribution is 2.53. The molecule has 1 aliphatic heterocycles. The predicted octanol–water partition coefficient (Wildman–Crippen LogP) is 2.75. The van der Waals surface area contributed by atoms with E-state index < -0.39 is 12.0 Å². The Kier molecular flexibility index (Phi) is 3.05. The molecule has 3 aromatic heterocycles. The fourth-order valence-electron chi connectivity index (χ4n) is 3.32. The van der Waals surface area contributed by atoms with Crippen molar-refractivity contribution in [3.63, 3.8) is 0 Å². The molecule has 0 saturated heterocycles. The van der Waals surface area contributed by atoms with E-state index in [1.807, 2.05) is 11.6 Å². The molecule has 26 heavy (non-hydrogen) atoms. The molecular formula is C16H17F2N7O. The molecule has 0 aromatic carbocycles.